The predicted octanol–water partition coefficient (Wildman–Crippen LogP) is 2.74. The molecule has 0 spiro atoms. The molecule has 118 valence electrons. The largest absolute Gasteiger partial charge is 0.393 e. The van der Waals surface area contributed by atoms with Crippen molar-refractivity contribution >= 4 is 11.6 Å². The van der Waals surface area contributed by atoms with Crippen LogP contribution in [0.15, 0.2) is 0 Å². The molecule has 0 radical (unpaired) electrons. The maximum Gasteiger partial charge on any atom is 0.134 e. The molecule has 1 aromatic heterocycles. The normalized spacial score (nSPS) is 21.0. The van der Waals surface area contributed by atoms with Gasteiger partial charge in [-0.1, -0.05) is 13.8 Å². The van der Waals surface area contributed by atoms with Crippen LogP contribution in [0.2, 0.25) is 0 Å². The Labute approximate surface area is 127 Å². The Bertz CT molecular complexity index is 458. The first-order valence-electron chi connectivity index (χ1n) is 8.17. The number of nitrogens with zero attached hydrogens (tertiary/aromatic N) is 2. The Balaban J connectivity index is 2.07. The van der Waals surface area contributed by atoms with Crippen LogP contribution in [-0.4, -0.2) is 34.3 Å². The second-order valence-corrected chi connectivity index (χ2v) is 6.01. The number of nitrogens with one attached hydrogen (secondary N) is 2. The van der Waals surface area contributed by atoms with Crippen molar-refractivity contribution in [2.45, 2.75) is 59.0 Å². The first-order valence-corrected chi connectivity index (χ1v) is 8.17. The van der Waals surface area contributed by atoms with Gasteiger partial charge in [-0.25, -0.2) is 9.97 Å². The molecule has 3 N–H and O–H groups in total. The number of aryl methyl sites for hydroxylation is 1. The van der Waals surface area contributed by atoms with E-state index in [4.69, 9.17) is 0 Å². The van der Waals surface area contributed by atoms with E-state index < -0.39 is 0 Å². The summed E-state index contributed by atoms with van der Waals surface area (Å²) in [4.78, 5) is 9.29. The molecule has 21 heavy (non-hydrogen) atoms. The Kier molecular flexibility index (Phi) is 5.79. The van der Waals surface area contributed by atoms with Crippen LogP contribution < -0.4 is 10.6 Å². The van der Waals surface area contributed by atoms with Gasteiger partial charge in [0.05, 0.1) is 6.10 Å². The molecule has 5 heteroatoms. The van der Waals surface area contributed by atoms with Crippen LogP contribution in [0.5, 0.6) is 0 Å². The fraction of sp³-hybridized carbons (Fsp3) is 0.750. The molecule has 1 aliphatic carbocycles. The van der Waals surface area contributed by atoms with Crippen molar-refractivity contribution in [1.82, 2.24) is 9.97 Å². The smallest absolute Gasteiger partial charge is 0.134 e. The highest BCUT2D eigenvalue weighted by molar-refractivity contribution is 5.57. The van der Waals surface area contributed by atoms with Crippen LogP contribution in [0.3, 0.4) is 0 Å². The van der Waals surface area contributed by atoms with Crippen LogP contribution in [0.1, 0.15) is 50.9 Å². The van der Waals surface area contributed by atoms with E-state index >= 15 is 0 Å². The molecule has 0 amide bonds. The van der Waals surface area contributed by atoms with Crippen molar-refractivity contribution in [3.63, 3.8) is 0 Å². The average Bonchev–Trinajstić information content (AvgIpc) is 2.43. The van der Waals surface area contributed by atoms with Gasteiger partial charge in [0.15, 0.2) is 0 Å². The van der Waals surface area contributed by atoms with Crippen LogP contribution in [0, 0.1) is 12.8 Å². The monoisotopic (exact) mass is 292 g/mol. The molecule has 0 unspecified atom stereocenters. The fourth-order valence-corrected chi connectivity index (χ4v) is 2.59. The van der Waals surface area contributed by atoms with Crippen molar-refractivity contribution in [2.24, 2.45) is 5.92 Å². The first-order chi connectivity index (χ1) is 10.1. The molecule has 0 aromatic carbocycles. The van der Waals surface area contributed by atoms with Crippen molar-refractivity contribution in [2.75, 3.05) is 23.7 Å². The molecule has 5 nitrogen and oxygen atoms in total. The summed E-state index contributed by atoms with van der Waals surface area (Å²) in [5.41, 5.74) is 1.09. The summed E-state index contributed by atoms with van der Waals surface area (Å²) in [5.74, 6) is 3.36. The summed E-state index contributed by atoms with van der Waals surface area (Å²) >= 11 is 0. The van der Waals surface area contributed by atoms with Gasteiger partial charge < -0.3 is 15.7 Å². The van der Waals surface area contributed by atoms with Gasteiger partial charge in [0, 0.05) is 25.1 Å². The lowest BCUT2D eigenvalue weighted by molar-refractivity contribution is 0.0486. The Morgan fingerprint density at radius 2 is 1.76 bits per heavy atom. The minimum Gasteiger partial charge on any atom is -0.393 e. The van der Waals surface area contributed by atoms with Gasteiger partial charge in [0.2, 0.25) is 0 Å². The van der Waals surface area contributed by atoms with Gasteiger partial charge in [-0.15, -0.1) is 0 Å². The molecule has 1 saturated carbocycles. The van der Waals surface area contributed by atoms with Gasteiger partial charge in [-0.05, 0) is 38.5 Å². The quantitative estimate of drug-likeness (QED) is 0.687. The van der Waals surface area contributed by atoms with E-state index in [-0.39, 0.29) is 6.10 Å². The molecule has 1 aliphatic rings. The summed E-state index contributed by atoms with van der Waals surface area (Å²) in [6, 6.07) is 0. The third kappa shape index (κ3) is 4.30. The molecule has 2 rings (SSSR count). The van der Waals surface area contributed by atoms with E-state index in [2.05, 4.69) is 41.4 Å². The van der Waals surface area contributed by atoms with Crippen LogP contribution in [-0.2, 0) is 6.42 Å². The highest BCUT2D eigenvalue weighted by Gasteiger charge is 2.27. The number of hydrogen-bond acceptors (Lipinski definition) is 5. The number of aliphatic hydroxyl groups is 1. The third-order valence-corrected chi connectivity index (χ3v) is 3.98. The summed E-state index contributed by atoms with van der Waals surface area (Å²) in [6.45, 7) is 8.17. The fourth-order valence-electron chi connectivity index (χ4n) is 2.59. The van der Waals surface area contributed by atoms with E-state index in [1.54, 1.807) is 0 Å². The Hall–Kier alpha value is -1.36. The predicted molar refractivity (Wildman–Crippen MR) is 86.8 cm³/mol. The lowest BCUT2D eigenvalue weighted by Gasteiger charge is -2.31. The first kappa shape index (κ1) is 16.0. The maximum absolute atomic E-state index is 9.36. The molecule has 0 saturated heterocycles. The molecular formula is C16H28N4O. The molecule has 0 aliphatic heterocycles. The number of aliphatic hydroxyl groups excluding tert-OH is 1. The van der Waals surface area contributed by atoms with E-state index in [1.807, 2.05) is 0 Å². The molecule has 1 fully saturated rings. The lowest BCUT2D eigenvalue weighted by atomic mass is 9.82. The van der Waals surface area contributed by atoms with E-state index in [9.17, 15) is 5.11 Å². The Morgan fingerprint density at radius 1 is 1.10 bits per heavy atom. The standard InChI is InChI=1S/C16H28N4O/c1-4-6-14-19-15(17-7-5-2)11(3)16(20-14)18-10-12-8-13(21)9-12/h12-13,21H,4-10H2,1-3H3,(H2,17,18,19,20). The molecular weight excluding hydrogens is 264 g/mol. The second-order valence-electron chi connectivity index (χ2n) is 6.01. The van der Waals surface area contributed by atoms with Gasteiger partial charge in [-0.2, -0.15) is 0 Å². The van der Waals surface area contributed by atoms with Crippen molar-refractivity contribution in [1.29, 1.82) is 0 Å². The SMILES string of the molecule is CCCNc1nc(CCC)nc(NCC2CC(O)C2)c1C. The van der Waals surface area contributed by atoms with Crippen LogP contribution in [0.4, 0.5) is 11.6 Å². The highest BCUT2D eigenvalue weighted by Crippen LogP contribution is 2.28. The number of anilines is 2. The van der Waals surface area contributed by atoms with Gasteiger partial charge in [-0.3, -0.25) is 0 Å². The zero-order valence-electron chi connectivity index (χ0n) is 13.4. The second kappa shape index (κ2) is 7.59. The molecule has 0 bridgehead atoms. The number of aromatic nitrogens is 2. The van der Waals surface area contributed by atoms with Gasteiger partial charge in [0.1, 0.15) is 17.5 Å². The van der Waals surface area contributed by atoms with E-state index in [0.29, 0.717) is 5.92 Å². The minimum atomic E-state index is -0.0965. The van der Waals surface area contributed by atoms with Crippen molar-refractivity contribution < 1.29 is 5.11 Å². The summed E-state index contributed by atoms with van der Waals surface area (Å²) in [6.07, 6.45) is 4.73. The van der Waals surface area contributed by atoms with E-state index in [0.717, 1.165) is 68.2 Å². The molecule has 0 atom stereocenters. The number of hydrogen-bond donors (Lipinski definition) is 3. The number of rotatable bonds is 8. The third-order valence-electron chi connectivity index (χ3n) is 3.98. The zero-order valence-corrected chi connectivity index (χ0v) is 13.4. The lowest BCUT2D eigenvalue weighted by Crippen LogP contribution is -2.33. The van der Waals surface area contributed by atoms with E-state index in [1.165, 1.54) is 0 Å². The summed E-state index contributed by atoms with van der Waals surface area (Å²) < 4.78 is 0. The highest BCUT2D eigenvalue weighted by atomic mass is 16.3. The van der Waals surface area contributed by atoms with Gasteiger partial charge in [0.25, 0.3) is 0 Å². The molecule has 1 heterocycles. The summed E-state index contributed by atoms with van der Waals surface area (Å²) in [5, 5.41) is 16.2. The van der Waals surface area contributed by atoms with Crippen LogP contribution >= 0.6 is 0 Å². The molecule has 1 aromatic rings. The Morgan fingerprint density at radius 3 is 2.33 bits per heavy atom. The van der Waals surface area contributed by atoms with Crippen molar-refractivity contribution in [3.8, 4) is 0 Å². The van der Waals surface area contributed by atoms with Crippen molar-refractivity contribution in [3.05, 3.63) is 11.4 Å². The topological polar surface area (TPSA) is 70.1 Å². The van der Waals surface area contributed by atoms with Gasteiger partial charge >= 0.3 is 0 Å². The zero-order chi connectivity index (χ0) is 15.2. The minimum absolute atomic E-state index is 0.0965. The average molecular weight is 292 g/mol. The summed E-state index contributed by atoms with van der Waals surface area (Å²) in [7, 11) is 0. The maximum atomic E-state index is 9.36. The van der Waals surface area contributed by atoms with Crippen LogP contribution in [0.25, 0.3) is 0 Å².